The smallest absolute Gasteiger partial charge is 0.323 e. The summed E-state index contributed by atoms with van der Waals surface area (Å²) in [5.74, 6) is -0.233. The molecular formula is C13H22N2O2S3. The van der Waals surface area contributed by atoms with Gasteiger partial charge in [0, 0.05) is 0 Å². The standard InChI is InChI=1S/C13H22N2O2S3/c1-11(2,3)13(7,8(16)17-12(4,5)6)20-10-15-14-9(18)19-10/h1-7H3,(H,14,18)/t13-/m1/s1. The highest BCUT2D eigenvalue weighted by Gasteiger charge is 2.48. The van der Waals surface area contributed by atoms with Crippen molar-refractivity contribution in [1.82, 2.24) is 10.2 Å². The van der Waals surface area contributed by atoms with E-state index in [4.69, 9.17) is 17.0 Å². The predicted molar refractivity (Wildman–Crippen MR) is 86.9 cm³/mol. The molecule has 0 aliphatic heterocycles. The maximum Gasteiger partial charge on any atom is 0.323 e. The molecule has 7 heteroatoms. The Balaban J connectivity index is 3.10. The molecule has 114 valence electrons. The molecule has 0 unspecified atom stereocenters. The first kappa shape index (κ1) is 17.7. The Morgan fingerprint density at radius 2 is 1.80 bits per heavy atom. The third kappa shape index (κ3) is 4.30. The van der Waals surface area contributed by atoms with E-state index in [0.717, 1.165) is 4.34 Å². The van der Waals surface area contributed by atoms with Crippen molar-refractivity contribution in [3.05, 3.63) is 3.95 Å². The molecule has 0 radical (unpaired) electrons. The van der Waals surface area contributed by atoms with E-state index in [1.165, 1.54) is 23.1 Å². The summed E-state index contributed by atoms with van der Waals surface area (Å²) in [6.07, 6.45) is 0. The van der Waals surface area contributed by atoms with E-state index in [1.807, 2.05) is 48.5 Å². The molecule has 0 bridgehead atoms. The summed E-state index contributed by atoms with van der Waals surface area (Å²) < 4.78 is 6.20. The quantitative estimate of drug-likeness (QED) is 0.503. The van der Waals surface area contributed by atoms with E-state index in [-0.39, 0.29) is 11.4 Å². The Labute approximate surface area is 133 Å². The van der Waals surface area contributed by atoms with Gasteiger partial charge in [-0.15, -0.1) is 0 Å². The summed E-state index contributed by atoms with van der Waals surface area (Å²) in [6, 6.07) is 0. The molecule has 0 spiro atoms. The lowest BCUT2D eigenvalue weighted by Crippen LogP contribution is -2.47. The van der Waals surface area contributed by atoms with Crippen LogP contribution in [0.4, 0.5) is 0 Å². The molecule has 4 nitrogen and oxygen atoms in total. The lowest BCUT2D eigenvalue weighted by Gasteiger charge is -2.39. The number of rotatable bonds is 3. The summed E-state index contributed by atoms with van der Waals surface area (Å²) >= 11 is 7.81. The maximum absolute atomic E-state index is 12.6. The zero-order valence-corrected chi connectivity index (χ0v) is 15.4. The largest absolute Gasteiger partial charge is 0.459 e. The van der Waals surface area contributed by atoms with E-state index in [0.29, 0.717) is 3.95 Å². The average Bonchev–Trinajstić information content (AvgIpc) is 2.59. The second-order valence-corrected chi connectivity index (χ2v) is 10.1. The minimum absolute atomic E-state index is 0.233. The number of carbonyl (C=O) groups excluding carboxylic acids is 1. The Bertz CT molecular complexity index is 537. The van der Waals surface area contributed by atoms with Gasteiger partial charge >= 0.3 is 5.97 Å². The van der Waals surface area contributed by atoms with E-state index in [1.54, 1.807) is 0 Å². The Morgan fingerprint density at radius 3 is 2.15 bits per heavy atom. The Kier molecular flexibility index (Phi) is 5.09. The van der Waals surface area contributed by atoms with Crippen molar-refractivity contribution in [3.8, 4) is 0 Å². The van der Waals surface area contributed by atoms with Gasteiger partial charge in [0.15, 0.2) is 8.29 Å². The number of hydrogen-bond acceptors (Lipinski definition) is 6. The van der Waals surface area contributed by atoms with Gasteiger partial charge in [-0.25, -0.2) is 0 Å². The van der Waals surface area contributed by atoms with Crippen LogP contribution in [0.1, 0.15) is 48.5 Å². The molecule has 1 aromatic rings. The highest BCUT2D eigenvalue weighted by molar-refractivity contribution is 8.03. The van der Waals surface area contributed by atoms with Gasteiger partial charge in [0.25, 0.3) is 0 Å². The van der Waals surface area contributed by atoms with Crippen LogP contribution in [-0.2, 0) is 9.53 Å². The van der Waals surface area contributed by atoms with Crippen LogP contribution in [0.25, 0.3) is 0 Å². The monoisotopic (exact) mass is 334 g/mol. The minimum Gasteiger partial charge on any atom is -0.459 e. The molecule has 0 saturated heterocycles. The highest BCUT2D eigenvalue weighted by atomic mass is 32.2. The first-order chi connectivity index (χ1) is 8.85. The highest BCUT2D eigenvalue weighted by Crippen LogP contribution is 2.47. The van der Waals surface area contributed by atoms with Crippen LogP contribution in [0, 0.1) is 9.37 Å². The minimum atomic E-state index is -0.742. The number of nitrogens with zero attached hydrogens (tertiary/aromatic N) is 1. The molecule has 0 saturated carbocycles. The number of ether oxygens (including phenoxy) is 1. The van der Waals surface area contributed by atoms with Crippen LogP contribution >= 0.6 is 35.3 Å². The molecule has 0 amide bonds. The van der Waals surface area contributed by atoms with E-state index in [9.17, 15) is 4.79 Å². The van der Waals surface area contributed by atoms with Crippen molar-refractivity contribution < 1.29 is 9.53 Å². The molecule has 0 aromatic carbocycles. The third-order valence-electron chi connectivity index (χ3n) is 2.93. The van der Waals surface area contributed by atoms with Crippen LogP contribution < -0.4 is 0 Å². The lowest BCUT2D eigenvalue weighted by atomic mass is 9.81. The second-order valence-electron chi connectivity index (χ2n) is 6.77. The number of H-pyrrole nitrogens is 1. The molecule has 0 aliphatic rings. The summed E-state index contributed by atoms with van der Waals surface area (Å²) in [5.41, 5.74) is -0.796. The van der Waals surface area contributed by atoms with Crippen LogP contribution in [0.2, 0.25) is 0 Å². The fourth-order valence-corrected chi connectivity index (χ4v) is 3.88. The number of carbonyl (C=O) groups is 1. The van der Waals surface area contributed by atoms with Crippen molar-refractivity contribution >= 4 is 41.3 Å². The fourth-order valence-electron chi connectivity index (χ4n) is 1.31. The van der Waals surface area contributed by atoms with Gasteiger partial charge in [0.1, 0.15) is 10.3 Å². The molecule has 1 aromatic heterocycles. The Morgan fingerprint density at radius 1 is 1.25 bits per heavy atom. The molecule has 0 aliphatic carbocycles. The molecule has 20 heavy (non-hydrogen) atoms. The number of esters is 1. The van der Waals surface area contributed by atoms with Crippen LogP contribution in [-0.4, -0.2) is 26.5 Å². The lowest BCUT2D eigenvalue weighted by molar-refractivity contribution is -0.160. The van der Waals surface area contributed by atoms with E-state index in [2.05, 4.69) is 10.2 Å². The molecule has 1 N–H and O–H groups in total. The molecular weight excluding hydrogens is 312 g/mol. The van der Waals surface area contributed by atoms with Gasteiger partial charge < -0.3 is 4.74 Å². The third-order valence-corrected chi connectivity index (χ3v) is 5.77. The predicted octanol–water partition coefficient (Wildman–Crippen LogP) is 4.44. The van der Waals surface area contributed by atoms with Crippen LogP contribution in [0.15, 0.2) is 4.34 Å². The summed E-state index contributed by atoms with van der Waals surface area (Å²) in [7, 11) is 0. The summed E-state index contributed by atoms with van der Waals surface area (Å²) in [5, 5.41) is 6.88. The second kappa shape index (κ2) is 5.77. The number of aromatic nitrogens is 2. The van der Waals surface area contributed by atoms with Gasteiger partial charge in [0.2, 0.25) is 0 Å². The van der Waals surface area contributed by atoms with Crippen LogP contribution in [0.3, 0.4) is 0 Å². The normalized spacial score (nSPS) is 15.8. The van der Waals surface area contributed by atoms with Crippen molar-refractivity contribution in [2.45, 2.75) is 63.2 Å². The zero-order chi connectivity index (χ0) is 15.8. The Hall–Kier alpha value is -0.400. The fraction of sp³-hybridized carbons (Fsp3) is 0.769. The molecule has 0 fully saturated rings. The van der Waals surface area contributed by atoms with Gasteiger partial charge in [0.05, 0.1) is 0 Å². The van der Waals surface area contributed by atoms with Gasteiger partial charge in [-0.1, -0.05) is 43.9 Å². The van der Waals surface area contributed by atoms with Crippen LogP contribution in [0.5, 0.6) is 0 Å². The topological polar surface area (TPSA) is 55.0 Å². The van der Waals surface area contributed by atoms with E-state index < -0.39 is 10.3 Å². The van der Waals surface area contributed by atoms with Gasteiger partial charge in [-0.05, 0) is 45.3 Å². The number of thioether (sulfide) groups is 1. The van der Waals surface area contributed by atoms with Crippen molar-refractivity contribution in [3.63, 3.8) is 0 Å². The van der Waals surface area contributed by atoms with Crippen molar-refractivity contribution in [2.24, 2.45) is 5.41 Å². The molecule has 1 heterocycles. The summed E-state index contributed by atoms with van der Waals surface area (Å²) in [4.78, 5) is 12.6. The molecule has 1 rings (SSSR count). The van der Waals surface area contributed by atoms with Gasteiger partial charge in [-0.2, -0.15) is 5.10 Å². The van der Waals surface area contributed by atoms with Crippen molar-refractivity contribution in [2.75, 3.05) is 0 Å². The van der Waals surface area contributed by atoms with Crippen molar-refractivity contribution in [1.29, 1.82) is 0 Å². The number of hydrogen-bond donors (Lipinski definition) is 1. The SMILES string of the molecule is CC(C)(C)OC(=O)[C@@](C)(Sc1n[nH]c(=S)s1)C(C)(C)C. The number of aromatic amines is 1. The first-order valence-electron chi connectivity index (χ1n) is 6.33. The van der Waals surface area contributed by atoms with Gasteiger partial charge in [-0.3, -0.25) is 9.89 Å². The maximum atomic E-state index is 12.6. The van der Waals surface area contributed by atoms with E-state index >= 15 is 0 Å². The molecule has 1 atom stereocenters. The summed E-state index contributed by atoms with van der Waals surface area (Å²) in [6.45, 7) is 13.6. The average molecular weight is 335 g/mol. The zero-order valence-electron chi connectivity index (χ0n) is 13.0. The first-order valence-corrected chi connectivity index (χ1v) is 8.37. The number of nitrogens with one attached hydrogen (secondary N) is 1.